The fourth-order valence-corrected chi connectivity index (χ4v) is 0.666. The van der Waals surface area contributed by atoms with Gasteiger partial charge in [0.2, 0.25) is 5.91 Å². The number of nitrogens with one attached hydrogen (secondary N) is 1. The number of ether oxygens (including phenoxy) is 1. The van der Waals surface area contributed by atoms with Crippen molar-refractivity contribution >= 4 is 5.91 Å². The lowest BCUT2D eigenvalue weighted by molar-refractivity contribution is -0.120. The average Bonchev–Trinajstić information content (AvgIpc) is 2.11. The zero-order valence-corrected chi connectivity index (χ0v) is 7.58. The van der Waals surface area contributed by atoms with Gasteiger partial charge in [0.25, 0.3) is 0 Å². The van der Waals surface area contributed by atoms with Crippen LogP contribution < -0.4 is 5.32 Å². The van der Waals surface area contributed by atoms with Gasteiger partial charge in [0.1, 0.15) is 6.42 Å². The predicted molar refractivity (Wildman–Crippen MR) is 48.9 cm³/mol. The monoisotopic (exact) mass is 182 g/mol. The largest absolute Gasteiger partial charge is 0.379 e. The van der Waals surface area contributed by atoms with Crippen LogP contribution in [0.1, 0.15) is 12.8 Å². The minimum absolute atomic E-state index is 0.0906. The molecule has 0 saturated heterocycles. The highest BCUT2D eigenvalue weighted by Gasteiger charge is 1.96. The summed E-state index contributed by atoms with van der Waals surface area (Å²) in [5, 5.41) is 10.7. The van der Waals surface area contributed by atoms with E-state index >= 15 is 0 Å². The topological polar surface area (TPSA) is 62.1 Å². The minimum atomic E-state index is -0.255. The van der Waals surface area contributed by atoms with E-state index in [1.807, 2.05) is 0 Å². The summed E-state index contributed by atoms with van der Waals surface area (Å²) >= 11 is 0. The van der Waals surface area contributed by atoms with E-state index in [1.54, 1.807) is 12.1 Å². The maximum absolute atomic E-state index is 10.7. The van der Waals surface area contributed by atoms with Gasteiger partial charge in [0, 0.05) is 6.54 Å². The van der Waals surface area contributed by atoms with Crippen LogP contribution in [0.5, 0.6) is 0 Å². The van der Waals surface area contributed by atoms with E-state index in [2.05, 4.69) is 11.9 Å². The Morgan fingerprint density at radius 3 is 3.00 bits per heavy atom. The summed E-state index contributed by atoms with van der Waals surface area (Å²) in [7, 11) is 0. The summed E-state index contributed by atoms with van der Waals surface area (Å²) < 4.78 is 5.13. The number of nitrogens with zero attached hydrogens (tertiary/aromatic N) is 1. The van der Waals surface area contributed by atoms with E-state index < -0.39 is 0 Å². The fraction of sp³-hybridized carbons (Fsp3) is 0.556. The van der Waals surface area contributed by atoms with Gasteiger partial charge >= 0.3 is 0 Å². The molecule has 0 aliphatic carbocycles. The highest BCUT2D eigenvalue weighted by molar-refractivity contribution is 5.77. The van der Waals surface area contributed by atoms with Gasteiger partial charge < -0.3 is 10.1 Å². The first kappa shape index (κ1) is 11.7. The SMILES string of the molecule is C=CCCOCCNC(=O)CC#N. The highest BCUT2D eigenvalue weighted by Crippen LogP contribution is 1.82. The van der Waals surface area contributed by atoms with Gasteiger partial charge in [-0.1, -0.05) is 6.08 Å². The second-order valence-electron chi connectivity index (χ2n) is 2.37. The molecule has 13 heavy (non-hydrogen) atoms. The molecule has 72 valence electrons. The lowest BCUT2D eigenvalue weighted by Crippen LogP contribution is -2.26. The molecule has 0 heterocycles. The van der Waals surface area contributed by atoms with Crippen LogP contribution in [0, 0.1) is 11.3 Å². The molecule has 0 aromatic carbocycles. The standard InChI is InChI=1S/C9H14N2O2/c1-2-3-7-13-8-6-11-9(12)4-5-10/h2H,1,3-4,6-8H2,(H,11,12). The molecule has 0 spiro atoms. The third-order valence-corrected chi connectivity index (χ3v) is 1.27. The van der Waals surface area contributed by atoms with Crippen LogP contribution >= 0.6 is 0 Å². The van der Waals surface area contributed by atoms with Crippen molar-refractivity contribution in [1.29, 1.82) is 5.26 Å². The zero-order chi connectivity index (χ0) is 9.94. The van der Waals surface area contributed by atoms with Crippen molar-refractivity contribution in [3.05, 3.63) is 12.7 Å². The number of carbonyl (C=O) groups is 1. The Hall–Kier alpha value is -1.34. The van der Waals surface area contributed by atoms with Crippen LogP contribution in [-0.2, 0) is 9.53 Å². The highest BCUT2D eigenvalue weighted by atomic mass is 16.5. The Balaban J connectivity index is 3.12. The second-order valence-corrected chi connectivity index (χ2v) is 2.37. The molecule has 0 aromatic rings. The molecular formula is C9H14N2O2. The molecule has 4 nitrogen and oxygen atoms in total. The van der Waals surface area contributed by atoms with Crippen LogP contribution in [-0.4, -0.2) is 25.7 Å². The molecule has 0 radical (unpaired) electrons. The van der Waals surface area contributed by atoms with Gasteiger partial charge in [-0.25, -0.2) is 0 Å². The maximum atomic E-state index is 10.7. The van der Waals surface area contributed by atoms with Gasteiger partial charge in [-0.3, -0.25) is 4.79 Å². The Morgan fingerprint density at radius 2 is 2.38 bits per heavy atom. The van der Waals surface area contributed by atoms with Gasteiger partial charge in [-0.05, 0) is 6.42 Å². The van der Waals surface area contributed by atoms with Crippen LogP contribution in [0.15, 0.2) is 12.7 Å². The summed E-state index contributed by atoms with van der Waals surface area (Å²) in [5.41, 5.74) is 0. The van der Waals surface area contributed by atoms with Crippen molar-refractivity contribution in [3.8, 4) is 6.07 Å². The fourth-order valence-electron chi connectivity index (χ4n) is 0.666. The van der Waals surface area contributed by atoms with E-state index in [0.29, 0.717) is 19.8 Å². The number of rotatable bonds is 7. The van der Waals surface area contributed by atoms with Gasteiger partial charge in [-0.15, -0.1) is 6.58 Å². The van der Waals surface area contributed by atoms with Crippen molar-refractivity contribution in [3.63, 3.8) is 0 Å². The molecule has 0 unspecified atom stereocenters. The van der Waals surface area contributed by atoms with Crippen LogP contribution in [0.2, 0.25) is 0 Å². The molecule has 0 aliphatic rings. The minimum Gasteiger partial charge on any atom is -0.379 e. The van der Waals surface area contributed by atoms with Crippen molar-refractivity contribution < 1.29 is 9.53 Å². The molecular weight excluding hydrogens is 168 g/mol. The zero-order valence-electron chi connectivity index (χ0n) is 7.58. The first-order valence-electron chi connectivity index (χ1n) is 4.13. The lowest BCUT2D eigenvalue weighted by atomic mass is 10.4. The van der Waals surface area contributed by atoms with Crippen molar-refractivity contribution in [2.75, 3.05) is 19.8 Å². The number of amides is 1. The molecule has 0 rings (SSSR count). The molecule has 0 saturated carbocycles. The van der Waals surface area contributed by atoms with E-state index in [0.717, 1.165) is 6.42 Å². The van der Waals surface area contributed by atoms with Gasteiger partial charge in [-0.2, -0.15) is 5.26 Å². The Kier molecular flexibility index (Phi) is 7.85. The quantitative estimate of drug-likeness (QED) is 0.463. The third-order valence-electron chi connectivity index (χ3n) is 1.27. The smallest absolute Gasteiger partial charge is 0.234 e. The van der Waals surface area contributed by atoms with Gasteiger partial charge in [0.05, 0.1) is 19.3 Å². The Bertz CT molecular complexity index is 196. The number of hydrogen-bond donors (Lipinski definition) is 1. The first-order chi connectivity index (χ1) is 6.31. The third kappa shape index (κ3) is 8.57. The Morgan fingerprint density at radius 1 is 1.62 bits per heavy atom. The molecule has 1 N–H and O–H groups in total. The Labute approximate surface area is 78.2 Å². The number of carbonyl (C=O) groups excluding carboxylic acids is 1. The average molecular weight is 182 g/mol. The lowest BCUT2D eigenvalue weighted by Gasteiger charge is -2.03. The summed E-state index contributed by atoms with van der Waals surface area (Å²) in [5.74, 6) is -0.255. The predicted octanol–water partition coefficient (Wildman–Crippen LogP) is 0.609. The summed E-state index contributed by atoms with van der Waals surface area (Å²) in [6, 6.07) is 1.76. The van der Waals surface area contributed by atoms with Crippen LogP contribution in [0.25, 0.3) is 0 Å². The molecule has 0 bridgehead atoms. The van der Waals surface area contributed by atoms with Crippen LogP contribution in [0.4, 0.5) is 0 Å². The van der Waals surface area contributed by atoms with E-state index in [1.165, 1.54) is 0 Å². The number of nitriles is 1. The van der Waals surface area contributed by atoms with E-state index in [-0.39, 0.29) is 12.3 Å². The second kappa shape index (κ2) is 8.75. The van der Waals surface area contributed by atoms with E-state index in [9.17, 15) is 4.79 Å². The normalized spacial score (nSPS) is 8.85. The molecule has 0 atom stereocenters. The summed E-state index contributed by atoms with van der Waals surface area (Å²) in [6.45, 7) is 5.10. The molecule has 4 heteroatoms. The van der Waals surface area contributed by atoms with E-state index in [4.69, 9.17) is 10.00 Å². The summed E-state index contributed by atoms with van der Waals surface area (Å²) in [6.07, 6.45) is 2.49. The molecule has 0 fully saturated rings. The van der Waals surface area contributed by atoms with Crippen LogP contribution in [0.3, 0.4) is 0 Å². The van der Waals surface area contributed by atoms with Crippen molar-refractivity contribution in [2.24, 2.45) is 0 Å². The molecule has 1 amide bonds. The van der Waals surface area contributed by atoms with Gasteiger partial charge in [0.15, 0.2) is 0 Å². The first-order valence-corrected chi connectivity index (χ1v) is 4.13. The molecule has 0 aliphatic heterocycles. The van der Waals surface area contributed by atoms with Crippen molar-refractivity contribution in [1.82, 2.24) is 5.32 Å². The van der Waals surface area contributed by atoms with Crippen molar-refractivity contribution in [2.45, 2.75) is 12.8 Å². The number of hydrogen-bond acceptors (Lipinski definition) is 3. The summed E-state index contributed by atoms with van der Waals surface area (Å²) in [4.78, 5) is 10.7. The maximum Gasteiger partial charge on any atom is 0.234 e. The molecule has 0 aromatic heterocycles.